The number of nitrogens with one attached hydrogen (secondary N) is 2. The van der Waals surface area contributed by atoms with Crippen molar-refractivity contribution in [1.82, 2.24) is 5.43 Å². The molecule has 0 heterocycles. The number of amides is 2. The quantitative estimate of drug-likeness (QED) is 0.195. The Morgan fingerprint density at radius 3 is 2.38 bits per heavy atom. The number of benzene rings is 3. The minimum atomic E-state index is -0.934. The number of hydrogen-bond donors (Lipinski definition) is 2. The van der Waals surface area contributed by atoms with Gasteiger partial charge in [-0.1, -0.05) is 23.7 Å². The lowest BCUT2D eigenvalue weighted by Gasteiger charge is -2.06. The maximum absolute atomic E-state index is 12.1. The third kappa shape index (κ3) is 6.41. The van der Waals surface area contributed by atoms with E-state index in [-0.39, 0.29) is 0 Å². The fourth-order valence-electron chi connectivity index (χ4n) is 2.51. The van der Waals surface area contributed by atoms with Crippen LogP contribution in [0.4, 0.5) is 5.69 Å². The summed E-state index contributed by atoms with van der Waals surface area (Å²) in [7, 11) is 1.50. The Bertz CT molecular complexity index is 1160. The minimum absolute atomic E-state index is 0.328. The SMILES string of the molecule is COc1cccc(NC(=O)C(=O)N/N=C\c2ccc(OC(=O)c3cccc(Cl)c3)cc2)c1. The third-order valence-electron chi connectivity index (χ3n) is 4.06. The Morgan fingerprint density at radius 2 is 1.66 bits per heavy atom. The standard InChI is InChI=1S/C23H18ClN3O5/c1-31-20-7-3-6-18(13-20)26-21(28)22(29)27-25-14-15-8-10-19(11-9-15)32-23(30)16-4-2-5-17(24)12-16/h2-14H,1H3,(H,26,28)(H,27,29)/b25-14-. The number of halogens is 1. The van der Waals surface area contributed by atoms with Crippen LogP contribution in [0.1, 0.15) is 15.9 Å². The highest BCUT2D eigenvalue weighted by Gasteiger charge is 2.13. The van der Waals surface area contributed by atoms with Gasteiger partial charge in [0.05, 0.1) is 18.9 Å². The average molecular weight is 452 g/mol. The fraction of sp³-hybridized carbons (Fsp3) is 0.0435. The van der Waals surface area contributed by atoms with Gasteiger partial charge in [0.2, 0.25) is 0 Å². The molecule has 162 valence electrons. The van der Waals surface area contributed by atoms with Crippen LogP contribution in [0.3, 0.4) is 0 Å². The predicted molar refractivity (Wildman–Crippen MR) is 120 cm³/mol. The molecule has 0 aliphatic rings. The van der Waals surface area contributed by atoms with Crippen molar-refractivity contribution in [2.24, 2.45) is 5.10 Å². The largest absolute Gasteiger partial charge is 0.497 e. The molecule has 0 aliphatic carbocycles. The van der Waals surface area contributed by atoms with Crippen molar-refractivity contribution in [1.29, 1.82) is 0 Å². The molecule has 2 N–H and O–H groups in total. The van der Waals surface area contributed by atoms with Gasteiger partial charge in [-0.3, -0.25) is 9.59 Å². The summed E-state index contributed by atoms with van der Waals surface area (Å²) < 4.78 is 10.3. The molecule has 0 saturated carbocycles. The molecule has 2 amide bonds. The lowest BCUT2D eigenvalue weighted by molar-refractivity contribution is -0.136. The van der Waals surface area contributed by atoms with E-state index in [1.165, 1.54) is 19.4 Å². The summed E-state index contributed by atoms with van der Waals surface area (Å²) in [6, 6.07) is 19.4. The molecule has 32 heavy (non-hydrogen) atoms. The highest BCUT2D eigenvalue weighted by molar-refractivity contribution is 6.39. The Morgan fingerprint density at radius 1 is 0.906 bits per heavy atom. The van der Waals surface area contributed by atoms with Crippen LogP contribution in [0, 0.1) is 0 Å². The maximum Gasteiger partial charge on any atom is 0.343 e. The van der Waals surface area contributed by atoms with E-state index in [0.717, 1.165) is 0 Å². The van der Waals surface area contributed by atoms with Gasteiger partial charge in [0.25, 0.3) is 0 Å². The van der Waals surface area contributed by atoms with Crippen molar-refractivity contribution >= 4 is 41.3 Å². The molecule has 0 atom stereocenters. The number of ether oxygens (including phenoxy) is 2. The molecular formula is C23H18ClN3O5. The van der Waals surface area contributed by atoms with E-state index in [0.29, 0.717) is 33.3 Å². The highest BCUT2D eigenvalue weighted by Crippen LogP contribution is 2.17. The second-order valence-corrected chi connectivity index (χ2v) is 6.79. The smallest absolute Gasteiger partial charge is 0.343 e. The van der Waals surface area contributed by atoms with Gasteiger partial charge >= 0.3 is 17.8 Å². The molecule has 0 bridgehead atoms. The number of anilines is 1. The number of rotatable bonds is 6. The first kappa shape index (κ1) is 22.5. The van der Waals surface area contributed by atoms with Crippen molar-refractivity contribution in [2.75, 3.05) is 12.4 Å². The van der Waals surface area contributed by atoms with Crippen LogP contribution >= 0.6 is 11.6 Å². The van der Waals surface area contributed by atoms with Crippen LogP contribution in [0.15, 0.2) is 77.9 Å². The number of carbonyl (C=O) groups excluding carboxylic acids is 3. The predicted octanol–water partition coefficient (Wildman–Crippen LogP) is 3.66. The molecule has 3 aromatic carbocycles. The lowest BCUT2D eigenvalue weighted by atomic mass is 10.2. The zero-order valence-electron chi connectivity index (χ0n) is 16.9. The summed E-state index contributed by atoms with van der Waals surface area (Å²) in [5.74, 6) is -1.48. The van der Waals surface area contributed by atoms with Crippen molar-refractivity contribution in [3.63, 3.8) is 0 Å². The van der Waals surface area contributed by atoms with Gasteiger partial charge in [0.15, 0.2) is 0 Å². The number of hydrogen-bond acceptors (Lipinski definition) is 6. The molecule has 3 aromatic rings. The van der Waals surface area contributed by atoms with E-state index in [1.54, 1.807) is 66.7 Å². The average Bonchev–Trinajstić information content (AvgIpc) is 2.80. The van der Waals surface area contributed by atoms with Gasteiger partial charge in [-0.05, 0) is 60.2 Å². The molecule has 0 saturated heterocycles. The Labute approximate surface area is 188 Å². The first-order valence-electron chi connectivity index (χ1n) is 9.31. The second-order valence-electron chi connectivity index (χ2n) is 6.35. The second kappa shape index (κ2) is 10.7. The number of esters is 1. The molecule has 0 aliphatic heterocycles. The van der Waals surface area contributed by atoms with Crippen LogP contribution in [-0.4, -0.2) is 31.1 Å². The molecule has 8 nitrogen and oxygen atoms in total. The first-order valence-corrected chi connectivity index (χ1v) is 9.68. The van der Waals surface area contributed by atoms with E-state index in [4.69, 9.17) is 21.1 Å². The lowest BCUT2D eigenvalue weighted by Crippen LogP contribution is -2.32. The van der Waals surface area contributed by atoms with E-state index in [2.05, 4.69) is 15.8 Å². The molecular weight excluding hydrogens is 434 g/mol. The summed E-state index contributed by atoms with van der Waals surface area (Å²) >= 11 is 5.87. The molecule has 9 heteroatoms. The van der Waals surface area contributed by atoms with Crippen LogP contribution in [0.2, 0.25) is 5.02 Å². The van der Waals surface area contributed by atoms with Gasteiger partial charge in [0, 0.05) is 16.8 Å². The summed E-state index contributed by atoms with van der Waals surface area (Å²) in [5.41, 5.74) is 3.50. The maximum atomic E-state index is 12.1. The van der Waals surface area contributed by atoms with Crippen LogP contribution in [0.25, 0.3) is 0 Å². The Hall–Kier alpha value is -4.17. The zero-order chi connectivity index (χ0) is 22.9. The summed E-state index contributed by atoms with van der Waals surface area (Å²) in [5, 5.41) is 6.63. The van der Waals surface area contributed by atoms with Crippen molar-refractivity contribution in [2.45, 2.75) is 0 Å². The minimum Gasteiger partial charge on any atom is -0.497 e. The number of hydrazone groups is 1. The van der Waals surface area contributed by atoms with Gasteiger partial charge < -0.3 is 14.8 Å². The molecule has 0 aromatic heterocycles. The van der Waals surface area contributed by atoms with E-state index < -0.39 is 17.8 Å². The summed E-state index contributed by atoms with van der Waals surface area (Å²) in [6.07, 6.45) is 1.35. The van der Waals surface area contributed by atoms with Crippen molar-refractivity contribution in [3.05, 3.63) is 88.9 Å². The highest BCUT2D eigenvalue weighted by atomic mass is 35.5. The van der Waals surface area contributed by atoms with Gasteiger partial charge in [0.1, 0.15) is 11.5 Å². The monoisotopic (exact) mass is 451 g/mol. The molecule has 0 unspecified atom stereocenters. The summed E-state index contributed by atoms with van der Waals surface area (Å²) in [4.78, 5) is 36.0. The Balaban J connectivity index is 1.51. The first-order chi connectivity index (χ1) is 15.4. The number of methoxy groups -OCH3 is 1. The molecule has 0 spiro atoms. The van der Waals surface area contributed by atoms with Gasteiger partial charge in [-0.15, -0.1) is 0 Å². The fourth-order valence-corrected chi connectivity index (χ4v) is 2.70. The topological polar surface area (TPSA) is 106 Å². The van der Waals surface area contributed by atoms with Crippen molar-refractivity contribution in [3.8, 4) is 11.5 Å². The Kier molecular flexibility index (Phi) is 7.55. The summed E-state index contributed by atoms with van der Waals surface area (Å²) in [6.45, 7) is 0. The van der Waals surface area contributed by atoms with Crippen LogP contribution in [-0.2, 0) is 9.59 Å². The van der Waals surface area contributed by atoms with E-state index in [1.807, 2.05) is 0 Å². The van der Waals surface area contributed by atoms with Gasteiger partial charge in [-0.25, -0.2) is 10.2 Å². The van der Waals surface area contributed by atoms with Crippen LogP contribution < -0.4 is 20.2 Å². The zero-order valence-corrected chi connectivity index (χ0v) is 17.6. The van der Waals surface area contributed by atoms with Crippen molar-refractivity contribution < 1.29 is 23.9 Å². The normalized spacial score (nSPS) is 10.4. The molecule has 0 fully saturated rings. The molecule has 0 radical (unpaired) electrons. The van der Waals surface area contributed by atoms with Gasteiger partial charge in [-0.2, -0.15) is 5.10 Å². The van der Waals surface area contributed by atoms with E-state index >= 15 is 0 Å². The third-order valence-corrected chi connectivity index (χ3v) is 4.30. The number of nitrogens with zero attached hydrogens (tertiary/aromatic N) is 1. The van der Waals surface area contributed by atoms with Crippen LogP contribution in [0.5, 0.6) is 11.5 Å². The van der Waals surface area contributed by atoms with E-state index in [9.17, 15) is 14.4 Å². The molecule has 3 rings (SSSR count). The number of carbonyl (C=O) groups is 3.